The molecule has 0 aliphatic rings. The molecule has 1 rings (SSSR count). The lowest BCUT2D eigenvalue weighted by Gasteiger charge is -2.11. The van der Waals surface area contributed by atoms with Crippen molar-refractivity contribution in [2.24, 2.45) is 5.92 Å². The van der Waals surface area contributed by atoms with Gasteiger partial charge in [0, 0.05) is 18.2 Å². The number of aryl methyl sites for hydroxylation is 2. The first-order valence-corrected chi connectivity index (χ1v) is 6.91. The number of rotatable bonds is 8. The fourth-order valence-electron chi connectivity index (χ4n) is 1.92. The number of hydrogen-bond donors (Lipinski definition) is 2. The van der Waals surface area contributed by atoms with Gasteiger partial charge in [-0.15, -0.1) is 0 Å². The van der Waals surface area contributed by atoms with E-state index in [1.165, 1.54) is 0 Å². The van der Waals surface area contributed by atoms with Gasteiger partial charge in [0.15, 0.2) is 0 Å². The van der Waals surface area contributed by atoms with Gasteiger partial charge in [0.05, 0.1) is 12.0 Å². The van der Waals surface area contributed by atoms with Gasteiger partial charge in [-0.05, 0) is 26.2 Å². The van der Waals surface area contributed by atoms with E-state index in [9.17, 15) is 4.79 Å². The highest BCUT2D eigenvalue weighted by Crippen LogP contribution is 2.07. The molecule has 1 amide bonds. The van der Waals surface area contributed by atoms with Crippen LogP contribution in [0.25, 0.3) is 0 Å². The highest BCUT2D eigenvalue weighted by Gasteiger charge is 2.11. The third-order valence-corrected chi connectivity index (χ3v) is 3.26. The first kappa shape index (κ1) is 14.7. The summed E-state index contributed by atoms with van der Waals surface area (Å²) in [5.41, 5.74) is 2.22. The molecule has 0 fully saturated rings. The average Bonchev–Trinajstić information content (AvgIpc) is 2.77. The summed E-state index contributed by atoms with van der Waals surface area (Å²) >= 11 is 0. The molecule has 0 bridgehead atoms. The van der Waals surface area contributed by atoms with Gasteiger partial charge in [-0.1, -0.05) is 26.7 Å². The Morgan fingerprint density at radius 2 is 2.28 bits per heavy atom. The van der Waals surface area contributed by atoms with Crippen LogP contribution in [-0.2, 0) is 11.2 Å². The van der Waals surface area contributed by atoms with Gasteiger partial charge in [0.2, 0.25) is 5.91 Å². The third kappa shape index (κ3) is 4.90. The molecule has 102 valence electrons. The Morgan fingerprint density at radius 1 is 1.50 bits per heavy atom. The van der Waals surface area contributed by atoms with E-state index in [2.05, 4.69) is 22.2 Å². The molecular weight excluding hydrogens is 226 g/mol. The van der Waals surface area contributed by atoms with E-state index in [-0.39, 0.29) is 11.8 Å². The standard InChI is InChI=1S/C14H25N3O/c1-4-5-7-11(2)14(18)15-9-6-8-13-12(3)16-10-17-13/h10-11H,4-9H2,1-3H3,(H,15,18)(H,16,17). The maximum Gasteiger partial charge on any atom is 0.222 e. The van der Waals surface area contributed by atoms with Crippen molar-refractivity contribution in [2.75, 3.05) is 6.54 Å². The molecule has 0 radical (unpaired) electrons. The fraction of sp³-hybridized carbons (Fsp3) is 0.714. The van der Waals surface area contributed by atoms with Gasteiger partial charge < -0.3 is 10.3 Å². The van der Waals surface area contributed by atoms with E-state index < -0.39 is 0 Å². The number of hydrogen-bond acceptors (Lipinski definition) is 2. The zero-order valence-corrected chi connectivity index (χ0v) is 11.8. The van der Waals surface area contributed by atoms with Crippen LogP contribution in [0.1, 0.15) is 50.9 Å². The molecule has 1 heterocycles. The van der Waals surface area contributed by atoms with Crippen LogP contribution in [-0.4, -0.2) is 22.4 Å². The largest absolute Gasteiger partial charge is 0.356 e. The van der Waals surface area contributed by atoms with Crippen molar-refractivity contribution in [2.45, 2.75) is 52.9 Å². The predicted octanol–water partition coefficient (Wildman–Crippen LogP) is 2.59. The molecular formula is C14H25N3O. The van der Waals surface area contributed by atoms with E-state index in [0.29, 0.717) is 0 Å². The topological polar surface area (TPSA) is 57.8 Å². The van der Waals surface area contributed by atoms with Crippen molar-refractivity contribution in [3.8, 4) is 0 Å². The molecule has 0 aromatic carbocycles. The molecule has 0 spiro atoms. The Bertz CT molecular complexity index is 360. The third-order valence-electron chi connectivity index (χ3n) is 3.26. The number of unbranched alkanes of at least 4 members (excludes halogenated alkanes) is 1. The SMILES string of the molecule is CCCCC(C)C(=O)NCCCc1nc[nH]c1C. The van der Waals surface area contributed by atoms with Gasteiger partial charge in [0.25, 0.3) is 0 Å². The minimum absolute atomic E-state index is 0.136. The molecule has 4 heteroatoms. The van der Waals surface area contributed by atoms with Crippen molar-refractivity contribution >= 4 is 5.91 Å². The number of imidazole rings is 1. The summed E-state index contributed by atoms with van der Waals surface area (Å²) in [5.74, 6) is 0.319. The lowest BCUT2D eigenvalue weighted by atomic mass is 10.0. The molecule has 4 nitrogen and oxygen atoms in total. The van der Waals surface area contributed by atoms with E-state index in [0.717, 1.165) is 50.0 Å². The lowest BCUT2D eigenvalue weighted by Crippen LogP contribution is -2.30. The van der Waals surface area contributed by atoms with E-state index in [1.807, 2.05) is 13.8 Å². The molecule has 18 heavy (non-hydrogen) atoms. The Labute approximate surface area is 110 Å². The molecule has 1 aromatic heterocycles. The van der Waals surface area contributed by atoms with Gasteiger partial charge in [-0.25, -0.2) is 4.98 Å². The number of carbonyl (C=O) groups excluding carboxylic acids is 1. The second-order valence-corrected chi connectivity index (χ2v) is 4.91. The summed E-state index contributed by atoms with van der Waals surface area (Å²) in [4.78, 5) is 19.0. The predicted molar refractivity (Wildman–Crippen MR) is 73.3 cm³/mol. The molecule has 1 aromatic rings. The number of nitrogens with zero attached hydrogens (tertiary/aromatic N) is 1. The summed E-state index contributed by atoms with van der Waals surface area (Å²) < 4.78 is 0. The van der Waals surface area contributed by atoms with Crippen LogP contribution in [0.15, 0.2) is 6.33 Å². The number of amides is 1. The quantitative estimate of drug-likeness (QED) is 0.698. The first-order chi connectivity index (χ1) is 8.65. The molecule has 0 saturated carbocycles. The summed E-state index contributed by atoms with van der Waals surface area (Å²) in [6.07, 6.45) is 6.84. The van der Waals surface area contributed by atoms with Gasteiger partial charge in [-0.3, -0.25) is 4.79 Å². The monoisotopic (exact) mass is 251 g/mol. The minimum Gasteiger partial charge on any atom is -0.356 e. The van der Waals surface area contributed by atoms with Crippen molar-refractivity contribution < 1.29 is 4.79 Å². The molecule has 1 atom stereocenters. The van der Waals surface area contributed by atoms with Crippen LogP contribution in [0.5, 0.6) is 0 Å². The Balaban J connectivity index is 2.14. The molecule has 0 aliphatic carbocycles. The number of aromatic nitrogens is 2. The van der Waals surface area contributed by atoms with Crippen molar-refractivity contribution in [1.82, 2.24) is 15.3 Å². The maximum atomic E-state index is 11.7. The summed E-state index contributed by atoms with van der Waals surface area (Å²) in [5, 5.41) is 3.00. The van der Waals surface area contributed by atoms with Crippen molar-refractivity contribution in [3.63, 3.8) is 0 Å². The van der Waals surface area contributed by atoms with Crippen molar-refractivity contribution in [3.05, 3.63) is 17.7 Å². The van der Waals surface area contributed by atoms with Gasteiger partial charge in [0.1, 0.15) is 0 Å². The maximum absolute atomic E-state index is 11.7. The summed E-state index contributed by atoms with van der Waals surface area (Å²) in [6, 6.07) is 0. The fourth-order valence-corrected chi connectivity index (χ4v) is 1.92. The first-order valence-electron chi connectivity index (χ1n) is 6.91. The molecule has 0 saturated heterocycles. The Kier molecular flexibility index (Phi) is 6.47. The molecule has 2 N–H and O–H groups in total. The lowest BCUT2D eigenvalue weighted by molar-refractivity contribution is -0.124. The van der Waals surface area contributed by atoms with Crippen LogP contribution in [0.4, 0.5) is 0 Å². The van der Waals surface area contributed by atoms with E-state index in [4.69, 9.17) is 0 Å². The van der Waals surface area contributed by atoms with Gasteiger partial charge >= 0.3 is 0 Å². The second kappa shape index (κ2) is 7.90. The number of aromatic amines is 1. The molecule has 0 aliphatic heterocycles. The van der Waals surface area contributed by atoms with Crippen LogP contribution in [0, 0.1) is 12.8 Å². The number of carbonyl (C=O) groups is 1. The van der Waals surface area contributed by atoms with E-state index >= 15 is 0 Å². The second-order valence-electron chi connectivity index (χ2n) is 4.91. The molecule has 1 unspecified atom stereocenters. The zero-order valence-electron chi connectivity index (χ0n) is 11.8. The normalized spacial score (nSPS) is 12.4. The van der Waals surface area contributed by atoms with Crippen molar-refractivity contribution in [1.29, 1.82) is 0 Å². The number of H-pyrrole nitrogens is 1. The minimum atomic E-state index is 0.136. The Hall–Kier alpha value is -1.32. The summed E-state index contributed by atoms with van der Waals surface area (Å²) in [6.45, 7) is 6.91. The average molecular weight is 251 g/mol. The number of nitrogens with one attached hydrogen (secondary N) is 2. The zero-order chi connectivity index (χ0) is 13.4. The van der Waals surface area contributed by atoms with Gasteiger partial charge in [-0.2, -0.15) is 0 Å². The van der Waals surface area contributed by atoms with E-state index in [1.54, 1.807) is 6.33 Å². The van der Waals surface area contributed by atoms with Crippen LogP contribution in [0.3, 0.4) is 0 Å². The van der Waals surface area contributed by atoms with Crippen LogP contribution >= 0.6 is 0 Å². The smallest absolute Gasteiger partial charge is 0.222 e. The highest BCUT2D eigenvalue weighted by molar-refractivity contribution is 5.78. The van der Waals surface area contributed by atoms with Crippen LogP contribution in [0.2, 0.25) is 0 Å². The Morgan fingerprint density at radius 3 is 2.89 bits per heavy atom. The highest BCUT2D eigenvalue weighted by atomic mass is 16.1. The summed E-state index contributed by atoms with van der Waals surface area (Å²) in [7, 11) is 0. The van der Waals surface area contributed by atoms with Crippen LogP contribution < -0.4 is 5.32 Å².